The van der Waals surface area contributed by atoms with Crippen molar-refractivity contribution in [1.29, 1.82) is 0 Å². The Balaban J connectivity index is 1.56. The van der Waals surface area contributed by atoms with E-state index in [1.165, 1.54) is 25.7 Å². The van der Waals surface area contributed by atoms with E-state index in [9.17, 15) is 0 Å². The van der Waals surface area contributed by atoms with Gasteiger partial charge in [0.2, 0.25) is 0 Å². The zero-order chi connectivity index (χ0) is 11.7. The van der Waals surface area contributed by atoms with Crippen LogP contribution < -0.4 is 10.5 Å². The Labute approximate surface area is 103 Å². The Morgan fingerprint density at radius 1 is 1.24 bits per heavy atom. The second kappa shape index (κ2) is 4.69. The number of hydrogen-bond donors (Lipinski definition) is 1. The van der Waals surface area contributed by atoms with Crippen LogP contribution in [-0.2, 0) is 6.54 Å². The summed E-state index contributed by atoms with van der Waals surface area (Å²) in [6, 6.07) is 8.17. The molecule has 2 N–H and O–H groups in total. The second-order valence-electron chi connectivity index (χ2n) is 5.60. The van der Waals surface area contributed by atoms with Crippen LogP contribution >= 0.6 is 0 Å². The first-order valence-corrected chi connectivity index (χ1v) is 6.77. The fraction of sp³-hybridized carbons (Fsp3) is 0.600. The zero-order valence-electron chi connectivity index (χ0n) is 10.3. The van der Waals surface area contributed by atoms with Gasteiger partial charge in [0.15, 0.2) is 0 Å². The smallest absolute Gasteiger partial charge is 0.119 e. The maximum atomic E-state index is 5.93. The molecule has 2 fully saturated rings. The highest BCUT2D eigenvalue weighted by molar-refractivity contribution is 5.28. The van der Waals surface area contributed by atoms with Gasteiger partial charge in [-0.15, -0.1) is 0 Å². The van der Waals surface area contributed by atoms with E-state index in [0.29, 0.717) is 6.54 Å². The molecule has 92 valence electrons. The lowest BCUT2D eigenvalue weighted by molar-refractivity contribution is 0.195. The molecule has 2 saturated carbocycles. The van der Waals surface area contributed by atoms with E-state index in [2.05, 4.69) is 6.07 Å². The summed E-state index contributed by atoms with van der Waals surface area (Å²) in [5.74, 6) is 3.73. The average molecular weight is 231 g/mol. The minimum absolute atomic E-state index is 0.589. The Morgan fingerprint density at radius 2 is 2.18 bits per heavy atom. The highest BCUT2D eigenvalue weighted by Gasteiger charge is 2.39. The standard InChI is InChI=1S/C15H21NO/c16-9-12-2-1-3-15(8-12)17-10-14-7-11-4-5-13(14)6-11/h1-3,8,11,13-14H,4-7,9-10,16H2. The van der Waals surface area contributed by atoms with Crippen LogP contribution in [0.2, 0.25) is 0 Å². The van der Waals surface area contributed by atoms with Gasteiger partial charge in [-0.1, -0.05) is 18.6 Å². The third-order valence-corrected chi connectivity index (χ3v) is 4.48. The molecule has 2 aliphatic carbocycles. The molecule has 2 nitrogen and oxygen atoms in total. The van der Waals surface area contributed by atoms with Crippen molar-refractivity contribution >= 4 is 0 Å². The highest BCUT2D eigenvalue weighted by Crippen LogP contribution is 2.48. The summed E-state index contributed by atoms with van der Waals surface area (Å²) in [5.41, 5.74) is 6.78. The molecule has 3 atom stereocenters. The van der Waals surface area contributed by atoms with Gasteiger partial charge in [0.1, 0.15) is 5.75 Å². The molecule has 17 heavy (non-hydrogen) atoms. The number of fused-ring (bicyclic) bond motifs is 2. The normalized spacial score (nSPS) is 30.8. The fourth-order valence-electron chi connectivity index (χ4n) is 3.55. The highest BCUT2D eigenvalue weighted by atomic mass is 16.5. The van der Waals surface area contributed by atoms with Crippen LogP contribution in [0.1, 0.15) is 31.2 Å². The fourth-order valence-corrected chi connectivity index (χ4v) is 3.55. The summed E-state index contributed by atoms with van der Waals surface area (Å²) < 4.78 is 5.93. The molecule has 0 amide bonds. The molecule has 0 spiro atoms. The van der Waals surface area contributed by atoms with Crippen molar-refractivity contribution in [2.24, 2.45) is 23.5 Å². The number of rotatable bonds is 4. The van der Waals surface area contributed by atoms with E-state index in [0.717, 1.165) is 35.7 Å². The summed E-state index contributed by atoms with van der Waals surface area (Å²) in [6.45, 7) is 1.49. The third kappa shape index (κ3) is 2.32. The molecule has 0 saturated heterocycles. The lowest BCUT2D eigenvalue weighted by Gasteiger charge is -2.21. The summed E-state index contributed by atoms with van der Waals surface area (Å²) in [5, 5.41) is 0. The topological polar surface area (TPSA) is 35.2 Å². The molecule has 0 heterocycles. The molecule has 3 rings (SSSR count). The first kappa shape index (κ1) is 11.1. The number of nitrogens with two attached hydrogens (primary N) is 1. The molecular formula is C15H21NO. The van der Waals surface area contributed by atoms with Crippen LogP contribution in [0, 0.1) is 17.8 Å². The van der Waals surface area contributed by atoms with Gasteiger partial charge < -0.3 is 10.5 Å². The van der Waals surface area contributed by atoms with Gasteiger partial charge >= 0.3 is 0 Å². The summed E-state index contributed by atoms with van der Waals surface area (Å²) in [4.78, 5) is 0. The van der Waals surface area contributed by atoms with E-state index < -0.39 is 0 Å². The van der Waals surface area contributed by atoms with Crippen molar-refractivity contribution in [2.75, 3.05) is 6.61 Å². The molecule has 3 unspecified atom stereocenters. The lowest BCUT2D eigenvalue weighted by atomic mass is 9.89. The summed E-state index contributed by atoms with van der Waals surface area (Å²) in [7, 11) is 0. The van der Waals surface area contributed by atoms with Crippen molar-refractivity contribution < 1.29 is 4.74 Å². The summed E-state index contributed by atoms with van der Waals surface area (Å²) >= 11 is 0. The van der Waals surface area contributed by atoms with Gasteiger partial charge in [-0.25, -0.2) is 0 Å². The van der Waals surface area contributed by atoms with Crippen molar-refractivity contribution in [3.8, 4) is 5.75 Å². The SMILES string of the molecule is NCc1cccc(OCC2CC3CCC2C3)c1. The first-order chi connectivity index (χ1) is 8.35. The van der Waals surface area contributed by atoms with Crippen LogP contribution in [0.4, 0.5) is 0 Å². The van der Waals surface area contributed by atoms with Crippen LogP contribution in [0.25, 0.3) is 0 Å². The quantitative estimate of drug-likeness (QED) is 0.864. The molecule has 0 aliphatic heterocycles. The van der Waals surface area contributed by atoms with Gasteiger partial charge in [0, 0.05) is 6.54 Å². The average Bonchev–Trinajstić information content (AvgIpc) is 2.99. The van der Waals surface area contributed by atoms with Gasteiger partial charge in [0.05, 0.1) is 6.61 Å². The minimum Gasteiger partial charge on any atom is -0.493 e. The molecule has 0 aromatic heterocycles. The maximum Gasteiger partial charge on any atom is 0.119 e. The third-order valence-electron chi connectivity index (χ3n) is 4.48. The van der Waals surface area contributed by atoms with Gasteiger partial charge in [0.25, 0.3) is 0 Å². The Bertz CT molecular complexity index is 390. The lowest BCUT2D eigenvalue weighted by Crippen LogP contribution is -2.18. The van der Waals surface area contributed by atoms with Crippen LogP contribution in [0.5, 0.6) is 5.75 Å². The van der Waals surface area contributed by atoms with E-state index in [-0.39, 0.29) is 0 Å². The predicted molar refractivity (Wildman–Crippen MR) is 68.8 cm³/mol. The van der Waals surface area contributed by atoms with E-state index >= 15 is 0 Å². The maximum absolute atomic E-state index is 5.93. The summed E-state index contributed by atoms with van der Waals surface area (Å²) in [6.07, 6.45) is 5.74. The monoisotopic (exact) mass is 231 g/mol. The molecule has 2 bridgehead atoms. The van der Waals surface area contributed by atoms with Crippen LogP contribution in [0.15, 0.2) is 24.3 Å². The van der Waals surface area contributed by atoms with Gasteiger partial charge in [-0.05, 0) is 54.7 Å². The van der Waals surface area contributed by atoms with Crippen LogP contribution in [0.3, 0.4) is 0 Å². The van der Waals surface area contributed by atoms with E-state index in [1.54, 1.807) is 0 Å². The number of benzene rings is 1. The van der Waals surface area contributed by atoms with Crippen molar-refractivity contribution in [2.45, 2.75) is 32.2 Å². The second-order valence-corrected chi connectivity index (χ2v) is 5.60. The molecular weight excluding hydrogens is 210 g/mol. The Morgan fingerprint density at radius 3 is 2.88 bits per heavy atom. The van der Waals surface area contributed by atoms with E-state index in [4.69, 9.17) is 10.5 Å². The number of ether oxygens (including phenoxy) is 1. The molecule has 1 aromatic rings. The molecule has 1 aromatic carbocycles. The Kier molecular flexibility index (Phi) is 3.06. The molecule has 2 heteroatoms. The largest absolute Gasteiger partial charge is 0.493 e. The zero-order valence-corrected chi connectivity index (χ0v) is 10.3. The Hall–Kier alpha value is -1.02. The predicted octanol–water partition coefficient (Wildman–Crippen LogP) is 2.96. The number of hydrogen-bond acceptors (Lipinski definition) is 2. The van der Waals surface area contributed by atoms with E-state index in [1.807, 2.05) is 18.2 Å². The van der Waals surface area contributed by atoms with Crippen LogP contribution in [-0.4, -0.2) is 6.61 Å². The van der Waals surface area contributed by atoms with Gasteiger partial charge in [-0.2, -0.15) is 0 Å². The minimum atomic E-state index is 0.589. The van der Waals surface area contributed by atoms with Crippen molar-refractivity contribution in [1.82, 2.24) is 0 Å². The van der Waals surface area contributed by atoms with Crippen molar-refractivity contribution in [3.63, 3.8) is 0 Å². The molecule has 0 radical (unpaired) electrons. The first-order valence-electron chi connectivity index (χ1n) is 6.77. The molecule has 2 aliphatic rings. The van der Waals surface area contributed by atoms with Gasteiger partial charge in [-0.3, -0.25) is 0 Å². The van der Waals surface area contributed by atoms with Crippen molar-refractivity contribution in [3.05, 3.63) is 29.8 Å².